The van der Waals surface area contributed by atoms with Crippen LogP contribution in [0, 0.1) is 16.0 Å². The monoisotopic (exact) mass is 316 g/mol. The van der Waals surface area contributed by atoms with E-state index < -0.39 is 4.92 Å². The maximum atomic E-state index is 12.1. The molecule has 0 bridgehead atoms. The molecule has 0 saturated heterocycles. The van der Waals surface area contributed by atoms with E-state index in [1.165, 1.54) is 16.7 Å². The number of ether oxygens (including phenoxy) is 1. The fourth-order valence-electron chi connectivity index (χ4n) is 2.13. The first kappa shape index (κ1) is 16.7. The lowest BCUT2D eigenvalue weighted by Crippen LogP contribution is -2.20. The Morgan fingerprint density at radius 1 is 1.26 bits per heavy atom. The second-order valence-electron chi connectivity index (χ2n) is 5.75. The fourth-order valence-corrected chi connectivity index (χ4v) is 2.13. The highest BCUT2D eigenvalue weighted by Crippen LogP contribution is 2.18. The Kier molecular flexibility index (Phi) is 5.51. The highest BCUT2D eigenvalue weighted by Gasteiger charge is 2.13. The molecule has 0 saturated carbocycles. The van der Waals surface area contributed by atoms with Crippen molar-refractivity contribution in [2.45, 2.75) is 26.8 Å². The zero-order valence-corrected chi connectivity index (χ0v) is 13.3. The van der Waals surface area contributed by atoms with E-state index in [2.05, 4.69) is 13.8 Å². The number of aromatic nitrogens is 1. The van der Waals surface area contributed by atoms with Crippen molar-refractivity contribution in [2.75, 3.05) is 6.61 Å². The molecule has 2 rings (SSSR count). The predicted molar refractivity (Wildman–Crippen MR) is 87.9 cm³/mol. The third-order valence-corrected chi connectivity index (χ3v) is 3.46. The second kappa shape index (κ2) is 7.58. The van der Waals surface area contributed by atoms with Gasteiger partial charge in [0, 0.05) is 23.9 Å². The summed E-state index contributed by atoms with van der Waals surface area (Å²) in [4.78, 5) is 22.7. The van der Waals surface area contributed by atoms with Crippen LogP contribution in [0.25, 0.3) is 0 Å². The molecule has 2 aromatic rings. The lowest BCUT2D eigenvalue weighted by atomic mass is 10.1. The highest BCUT2D eigenvalue weighted by molar-refractivity contribution is 5.40. The van der Waals surface area contributed by atoms with Gasteiger partial charge in [-0.05, 0) is 18.4 Å². The summed E-state index contributed by atoms with van der Waals surface area (Å²) in [5.74, 6) is 1.06. The molecule has 23 heavy (non-hydrogen) atoms. The van der Waals surface area contributed by atoms with E-state index in [9.17, 15) is 14.9 Å². The number of nitrogens with zero attached hydrogens (tertiary/aromatic N) is 2. The van der Waals surface area contributed by atoms with Gasteiger partial charge in [-0.3, -0.25) is 14.9 Å². The summed E-state index contributed by atoms with van der Waals surface area (Å²) < 4.78 is 6.97. The molecule has 0 spiro atoms. The molecule has 0 aliphatic carbocycles. The van der Waals surface area contributed by atoms with Crippen LogP contribution in [0.5, 0.6) is 5.75 Å². The van der Waals surface area contributed by atoms with Crippen LogP contribution in [-0.4, -0.2) is 16.1 Å². The van der Waals surface area contributed by atoms with Crippen molar-refractivity contribution in [2.24, 2.45) is 5.92 Å². The van der Waals surface area contributed by atoms with Crippen molar-refractivity contribution in [3.05, 3.63) is 68.6 Å². The van der Waals surface area contributed by atoms with Gasteiger partial charge >= 0.3 is 0 Å². The summed E-state index contributed by atoms with van der Waals surface area (Å²) in [6, 6.07) is 9.53. The summed E-state index contributed by atoms with van der Waals surface area (Å²) in [6.45, 7) is 4.93. The predicted octanol–water partition coefficient (Wildman–Crippen LogP) is 3.23. The van der Waals surface area contributed by atoms with Crippen molar-refractivity contribution >= 4 is 5.69 Å². The maximum Gasteiger partial charge on any atom is 0.274 e. The van der Waals surface area contributed by atoms with Gasteiger partial charge in [0.2, 0.25) is 0 Å². The zero-order chi connectivity index (χ0) is 16.8. The van der Waals surface area contributed by atoms with E-state index in [0.717, 1.165) is 6.42 Å². The standard InChI is InChI=1S/C17H20N2O4/c1-13(2)8-10-23-15-7-9-18(17(20)11-15)12-14-5-3-4-6-16(14)19(21)22/h3-7,9,11,13H,8,10,12H2,1-2H3. The van der Waals surface area contributed by atoms with E-state index in [0.29, 0.717) is 23.8 Å². The van der Waals surface area contributed by atoms with Gasteiger partial charge in [-0.25, -0.2) is 0 Å². The third kappa shape index (κ3) is 4.67. The summed E-state index contributed by atoms with van der Waals surface area (Å²) >= 11 is 0. The number of pyridine rings is 1. The Balaban J connectivity index is 2.13. The van der Waals surface area contributed by atoms with Gasteiger partial charge in [0.15, 0.2) is 0 Å². The molecule has 1 aromatic carbocycles. The van der Waals surface area contributed by atoms with Crippen molar-refractivity contribution in [3.63, 3.8) is 0 Å². The number of benzene rings is 1. The third-order valence-electron chi connectivity index (χ3n) is 3.46. The Bertz CT molecular complexity index is 737. The van der Waals surface area contributed by atoms with Crippen LogP contribution in [-0.2, 0) is 6.54 Å². The van der Waals surface area contributed by atoms with Gasteiger partial charge in [0.1, 0.15) is 5.75 Å². The Morgan fingerprint density at radius 3 is 2.65 bits per heavy atom. The molecular formula is C17H20N2O4. The van der Waals surface area contributed by atoms with E-state index >= 15 is 0 Å². The van der Waals surface area contributed by atoms with Gasteiger partial charge in [0.05, 0.1) is 18.1 Å². The molecular weight excluding hydrogens is 296 g/mol. The van der Waals surface area contributed by atoms with Crippen LogP contribution < -0.4 is 10.3 Å². The summed E-state index contributed by atoms with van der Waals surface area (Å²) in [7, 11) is 0. The van der Waals surface area contributed by atoms with Crippen molar-refractivity contribution in [1.82, 2.24) is 4.57 Å². The van der Waals surface area contributed by atoms with Crippen LogP contribution in [0.15, 0.2) is 47.4 Å². The second-order valence-corrected chi connectivity index (χ2v) is 5.75. The van der Waals surface area contributed by atoms with E-state index in [1.54, 1.807) is 30.5 Å². The molecule has 6 heteroatoms. The zero-order valence-electron chi connectivity index (χ0n) is 13.3. The molecule has 122 valence electrons. The van der Waals surface area contributed by atoms with E-state index in [1.807, 2.05) is 0 Å². The minimum Gasteiger partial charge on any atom is -0.493 e. The number of para-hydroxylation sites is 1. The first-order valence-electron chi connectivity index (χ1n) is 7.53. The Hall–Kier alpha value is -2.63. The van der Waals surface area contributed by atoms with Crippen molar-refractivity contribution in [3.8, 4) is 5.75 Å². The van der Waals surface area contributed by atoms with Crippen molar-refractivity contribution < 1.29 is 9.66 Å². The van der Waals surface area contributed by atoms with Gasteiger partial charge in [-0.15, -0.1) is 0 Å². The first-order chi connectivity index (χ1) is 11.0. The lowest BCUT2D eigenvalue weighted by molar-refractivity contribution is -0.385. The number of hydrogen-bond donors (Lipinski definition) is 0. The lowest BCUT2D eigenvalue weighted by Gasteiger charge is -2.10. The normalized spacial score (nSPS) is 10.7. The van der Waals surface area contributed by atoms with E-state index in [4.69, 9.17) is 4.74 Å². The van der Waals surface area contributed by atoms with Crippen LogP contribution in [0.1, 0.15) is 25.8 Å². The Morgan fingerprint density at radius 2 is 2.00 bits per heavy atom. The molecule has 0 aliphatic heterocycles. The van der Waals surface area contributed by atoms with E-state index in [-0.39, 0.29) is 17.8 Å². The average molecular weight is 316 g/mol. The molecule has 0 fully saturated rings. The largest absolute Gasteiger partial charge is 0.493 e. The van der Waals surface area contributed by atoms with Crippen LogP contribution in [0.2, 0.25) is 0 Å². The molecule has 0 amide bonds. The number of rotatable bonds is 7. The molecule has 0 atom stereocenters. The van der Waals surface area contributed by atoms with Crippen LogP contribution >= 0.6 is 0 Å². The summed E-state index contributed by atoms with van der Waals surface area (Å²) in [6.07, 6.45) is 2.52. The summed E-state index contributed by atoms with van der Waals surface area (Å²) in [5.41, 5.74) is 0.259. The quantitative estimate of drug-likeness (QED) is 0.580. The van der Waals surface area contributed by atoms with Gasteiger partial charge in [-0.2, -0.15) is 0 Å². The Labute approximate surface area is 134 Å². The summed E-state index contributed by atoms with van der Waals surface area (Å²) in [5, 5.41) is 11.0. The van der Waals surface area contributed by atoms with Gasteiger partial charge in [-0.1, -0.05) is 32.0 Å². The van der Waals surface area contributed by atoms with Gasteiger partial charge in [0.25, 0.3) is 11.2 Å². The molecule has 0 aliphatic rings. The van der Waals surface area contributed by atoms with Crippen LogP contribution in [0.4, 0.5) is 5.69 Å². The molecule has 1 heterocycles. The minimum absolute atomic E-state index is 0.0108. The number of nitro benzene ring substituents is 1. The number of nitro groups is 1. The molecule has 1 aromatic heterocycles. The van der Waals surface area contributed by atoms with Crippen LogP contribution in [0.3, 0.4) is 0 Å². The highest BCUT2D eigenvalue weighted by atomic mass is 16.6. The maximum absolute atomic E-state index is 12.1. The topological polar surface area (TPSA) is 74.4 Å². The molecule has 0 N–H and O–H groups in total. The molecule has 6 nitrogen and oxygen atoms in total. The molecule has 0 unspecified atom stereocenters. The number of hydrogen-bond acceptors (Lipinski definition) is 4. The fraction of sp³-hybridized carbons (Fsp3) is 0.353. The van der Waals surface area contributed by atoms with Gasteiger partial charge < -0.3 is 9.30 Å². The average Bonchev–Trinajstić information content (AvgIpc) is 2.50. The minimum atomic E-state index is -0.441. The SMILES string of the molecule is CC(C)CCOc1ccn(Cc2ccccc2[N+](=O)[O-])c(=O)c1. The molecule has 0 radical (unpaired) electrons. The first-order valence-corrected chi connectivity index (χ1v) is 7.53. The van der Waals surface area contributed by atoms with Crippen molar-refractivity contribution in [1.29, 1.82) is 0 Å². The smallest absolute Gasteiger partial charge is 0.274 e.